The summed E-state index contributed by atoms with van der Waals surface area (Å²) in [5, 5.41) is 0. The minimum Gasteiger partial charge on any atom is -0.298 e. The van der Waals surface area contributed by atoms with Crippen molar-refractivity contribution >= 4 is 12.1 Å². The Morgan fingerprint density at radius 2 is 1.58 bits per heavy atom. The molecule has 2 nitrogen and oxygen atoms in total. The Morgan fingerprint density at radius 3 is 1.89 bits per heavy atom. The molecule has 0 saturated carbocycles. The maximum absolute atomic E-state index is 12.7. The van der Waals surface area contributed by atoms with E-state index in [-0.39, 0.29) is 18.4 Å². The lowest BCUT2D eigenvalue weighted by atomic mass is 9.95. The number of carbonyl (C=O) groups excluding carboxylic acids is 2. The number of hydrogen-bond acceptors (Lipinski definition) is 2. The molecule has 0 aliphatic rings. The second kappa shape index (κ2) is 4.67. The van der Waals surface area contributed by atoms with E-state index in [9.17, 15) is 35.9 Å². The molecule has 1 aromatic carbocycles. The average molecular weight is 284 g/mol. The number of rotatable bonds is 2. The van der Waals surface area contributed by atoms with Gasteiger partial charge in [-0.1, -0.05) is 0 Å². The first kappa shape index (κ1) is 15.2. The van der Waals surface area contributed by atoms with Gasteiger partial charge in [-0.15, -0.1) is 0 Å². The van der Waals surface area contributed by atoms with Gasteiger partial charge in [-0.25, -0.2) is 0 Å². The number of Topliss-reactive ketones (excluding diaryl/α,β-unsaturated/α-hetero) is 1. The van der Waals surface area contributed by atoms with Crippen molar-refractivity contribution in [2.75, 3.05) is 0 Å². The molecule has 0 bridgehead atoms. The van der Waals surface area contributed by atoms with Crippen LogP contribution in [0.15, 0.2) is 12.1 Å². The zero-order valence-corrected chi connectivity index (χ0v) is 9.32. The minimum atomic E-state index is -5.17. The molecule has 19 heavy (non-hydrogen) atoms. The van der Waals surface area contributed by atoms with E-state index in [0.29, 0.717) is 0 Å². The average Bonchev–Trinajstić information content (AvgIpc) is 2.24. The van der Waals surface area contributed by atoms with Crippen molar-refractivity contribution in [3.63, 3.8) is 0 Å². The van der Waals surface area contributed by atoms with Crippen LogP contribution in [0.5, 0.6) is 0 Å². The second-order valence-corrected chi connectivity index (χ2v) is 3.66. The third-order valence-electron chi connectivity index (χ3n) is 2.28. The Balaban J connectivity index is 3.75. The standard InChI is InChI=1S/C11H6F6O2/c1-5(19)9-6(4-18)2-7(10(12,13)14)3-8(9)11(15,16)17/h2-4H,1H3. The molecular weight excluding hydrogens is 278 g/mol. The normalized spacial score (nSPS) is 12.4. The van der Waals surface area contributed by atoms with E-state index >= 15 is 0 Å². The van der Waals surface area contributed by atoms with Crippen molar-refractivity contribution in [2.45, 2.75) is 19.3 Å². The van der Waals surface area contributed by atoms with Gasteiger partial charge in [0.15, 0.2) is 12.1 Å². The van der Waals surface area contributed by atoms with Gasteiger partial charge in [0, 0.05) is 11.1 Å². The lowest BCUT2D eigenvalue weighted by molar-refractivity contribution is -0.143. The molecule has 0 radical (unpaired) electrons. The van der Waals surface area contributed by atoms with Crippen LogP contribution in [-0.4, -0.2) is 12.1 Å². The number of alkyl halides is 6. The molecule has 0 aliphatic carbocycles. The van der Waals surface area contributed by atoms with Gasteiger partial charge in [-0.05, 0) is 19.1 Å². The Hall–Kier alpha value is -1.86. The van der Waals surface area contributed by atoms with Gasteiger partial charge in [-0.3, -0.25) is 9.59 Å². The summed E-state index contributed by atoms with van der Waals surface area (Å²) < 4.78 is 75.3. The number of hydrogen-bond donors (Lipinski definition) is 0. The van der Waals surface area contributed by atoms with E-state index in [2.05, 4.69) is 0 Å². The largest absolute Gasteiger partial charge is 0.417 e. The summed E-state index contributed by atoms with van der Waals surface area (Å²) >= 11 is 0. The van der Waals surface area contributed by atoms with Gasteiger partial charge >= 0.3 is 12.4 Å². The molecule has 1 rings (SSSR count). The predicted octanol–water partition coefficient (Wildman–Crippen LogP) is 3.74. The van der Waals surface area contributed by atoms with Crippen LogP contribution < -0.4 is 0 Å². The first-order valence-corrected chi connectivity index (χ1v) is 4.77. The molecule has 0 saturated heterocycles. The summed E-state index contributed by atoms with van der Waals surface area (Å²) in [5.74, 6) is -1.14. The summed E-state index contributed by atoms with van der Waals surface area (Å²) in [6.07, 6.45) is -10.4. The fourth-order valence-corrected chi connectivity index (χ4v) is 1.54. The highest BCUT2D eigenvalue weighted by Gasteiger charge is 2.40. The number of halogens is 6. The summed E-state index contributed by atoms with van der Waals surface area (Å²) in [4.78, 5) is 21.7. The lowest BCUT2D eigenvalue weighted by Crippen LogP contribution is -2.17. The van der Waals surface area contributed by atoms with Crippen molar-refractivity contribution in [1.82, 2.24) is 0 Å². The van der Waals surface area contributed by atoms with Crippen LogP contribution in [0.3, 0.4) is 0 Å². The molecule has 8 heteroatoms. The van der Waals surface area contributed by atoms with Crippen molar-refractivity contribution in [3.8, 4) is 0 Å². The van der Waals surface area contributed by atoms with E-state index in [1.807, 2.05) is 0 Å². The molecule has 0 aromatic heterocycles. The maximum Gasteiger partial charge on any atom is 0.417 e. The van der Waals surface area contributed by atoms with E-state index in [1.54, 1.807) is 0 Å². The first-order valence-electron chi connectivity index (χ1n) is 4.77. The van der Waals surface area contributed by atoms with Gasteiger partial charge in [0.1, 0.15) is 0 Å². The van der Waals surface area contributed by atoms with Crippen LogP contribution in [0.1, 0.15) is 38.8 Å². The molecule has 1 aromatic rings. The third kappa shape index (κ3) is 3.12. The van der Waals surface area contributed by atoms with E-state index in [0.717, 1.165) is 6.92 Å². The smallest absolute Gasteiger partial charge is 0.298 e. The number of carbonyl (C=O) groups is 2. The molecule has 0 heterocycles. The van der Waals surface area contributed by atoms with Gasteiger partial charge in [0.2, 0.25) is 0 Å². The zero-order chi connectivity index (χ0) is 15.0. The van der Waals surface area contributed by atoms with E-state index in [1.165, 1.54) is 0 Å². The Morgan fingerprint density at radius 1 is 1.05 bits per heavy atom. The molecule has 0 N–H and O–H groups in total. The van der Waals surface area contributed by atoms with Crippen molar-refractivity contribution in [2.24, 2.45) is 0 Å². The van der Waals surface area contributed by atoms with Crippen LogP contribution in [0.4, 0.5) is 26.3 Å². The summed E-state index contributed by atoms with van der Waals surface area (Å²) in [6, 6.07) is 0.0444. The fraction of sp³-hybridized carbons (Fsp3) is 0.273. The van der Waals surface area contributed by atoms with Crippen molar-refractivity contribution in [3.05, 3.63) is 34.4 Å². The van der Waals surface area contributed by atoms with Crippen LogP contribution in [0.2, 0.25) is 0 Å². The molecule has 0 fully saturated rings. The molecule has 0 aliphatic heterocycles. The van der Waals surface area contributed by atoms with Crippen LogP contribution in [0, 0.1) is 0 Å². The number of ketones is 1. The van der Waals surface area contributed by atoms with Gasteiger partial charge in [-0.2, -0.15) is 26.3 Å². The zero-order valence-electron chi connectivity index (χ0n) is 9.32. The first-order chi connectivity index (χ1) is 8.48. The molecule has 0 amide bonds. The second-order valence-electron chi connectivity index (χ2n) is 3.66. The van der Waals surface area contributed by atoms with Gasteiger partial charge < -0.3 is 0 Å². The molecule has 104 valence electrons. The summed E-state index contributed by atoms with van der Waals surface area (Å²) in [7, 11) is 0. The Labute approximate surface area is 103 Å². The van der Waals surface area contributed by atoms with Gasteiger partial charge in [0.25, 0.3) is 0 Å². The van der Waals surface area contributed by atoms with Crippen LogP contribution in [-0.2, 0) is 12.4 Å². The van der Waals surface area contributed by atoms with E-state index in [4.69, 9.17) is 0 Å². The Bertz CT molecular complexity index is 527. The minimum absolute atomic E-state index is 0.177. The quantitative estimate of drug-likeness (QED) is 0.471. The SMILES string of the molecule is CC(=O)c1c(C=O)cc(C(F)(F)F)cc1C(F)(F)F. The molecule has 0 atom stereocenters. The fourth-order valence-electron chi connectivity index (χ4n) is 1.54. The maximum atomic E-state index is 12.7. The van der Waals surface area contributed by atoms with E-state index < -0.39 is 40.4 Å². The molecular formula is C11H6F6O2. The van der Waals surface area contributed by atoms with Crippen LogP contribution in [0.25, 0.3) is 0 Å². The van der Waals surface area contributed by atoms with Gasteiger partial charge in [0.05, 0.1) is 11.1 Å². The van der Waals surface area contributed by atoms with Crippen molar-refractivity contribution < 1.29 is 35.9 Å². The molecule has 0 unspecified atom stereocenters. The highest BCUT2D eigenvalue weighted by molar-refractivity contribution is 6.03. The summed E-state index contributed by atoms with van der Waals surface area (Å²) in [6.45, 7) is 0.741. The highest BCUT2D eigenvalue weighted by atomic mass is 19.4. The third-order valence-corrected chi connectivity index (χ3v) is 2.28. The predicted molar refractivity (Wildman–Crippen MR) is 51.8 cm³/mol. The number of benzene rings is 1. The van der Waals surface area contributed by atoms with Crippen molar-refractivity contribution in [1.29, 1.82) is 0 Å². The highest BCUT2D eigenvalue weighted by Crippen LogP contribution is 2.38. The topological polar surface area (TPSA) is 34.1 Å². The van der Waals surface area contributed by atoms with Crippen LogP contribution >= 0.6 is 0 Å². The lowest BCUT2D eigenvalue weighted by Gasteiger charge is -2.16. The number of aldehydes is 1. The molecule has 0 spiro atoms. The monoisotopic (exact) mass is 284 g/mol. The summed E-state index contributed by atoms with van der Waals surface area (Å²) in [5.41, 5.74) is -5.39. The Kier molecular flexibility index (Phi) is 3.74.